The number of aromatic hydroxyl groups is 1. The van der Waals surface area contributed by atoms with Gasteiger partial charge in [-0.15, -0.1) is 0 Å². The minimum Gasteiger partial charge on any atom is -0.508 e. The molecule has 0 aliphatic heterocycles. The average molecular weight is 284 g/mol. The number of hydrogen-bond donors (Lipinski definition) is 2. The number of halogens is 4. The molecule has 0 saturated heterocycles. The smallest absolute Gasteiger partial charge is 0.390 e. The SMILES string of the molecule is N[C@H](CC(F)(F)F)c1cc(O)ccc1Br. The van der Waals surface area contributed by atoms with Crippen LogP contribution in [0.15, 0.2) is 22.7 Å². The van der Waals surface area contributed by atoms with Gasteiger partial charge in [0.1, 0.15) is 5.75 Å². The Morgan fingerprint density at radius 2 is 2.00 bits per heavy atom. The lowest BCUT2D eigenvalue weighted by Crippen LogP contribution is -2.20. The van der Waals surface area contributed by atoms with Crippen LogP contribution < -0.4 is 5.73 Å². The Balaban J connectivity index is 2.90. The van der Waals surface area contributed by atoms with Gasteiger partial charge in [0.2, 0.25) is 0 Å². The molecule has 0 fully saturated rings. The van der Waals surface area contributed by atoms with Gasteiger partial charge in [-0.1, -0.05) is 15.9 Å². The van der Waals surface area contributed by atoms with Crippen molar-refractivity contribution in [3.63, 3.8) is 0 Å². The van der Waals surface area contributed by atoms with Crippen molar-refractivity contribution >= 4 is 15.9 Å². The van der Waals surface area contributed by atoms with Crippen molar-refractivity contribution in [2.75, 3.05) is 0 Å². The van der Waals surface area contributed by atoms with Gasteiger partial charge >= 0.3 is 6.18 Å². The normalized spacial score (nSPS) is 13.9. The van der Waals surface area contributed by atoms with E-state index >= 15 is 0 Å². The van der Waals surface area contributed by atoms with Crippen LogP contribution >= 0.6 is 15.9 Å². The number of phenols is 1. The molecule has 0 amide bonds. The van der Waals surface area contributed by atoms with Crippen LogP contribution in [-0.2, 0) is 0 Å². The monoisotopic (exact) mass is 283 g/mol. The zero-order valence-corrected chi connectivity index (χ0v) is 9.14. The standard InChI is InChI=1S/C9H9BrF3NO/c10-7-2-1-5(15)3-6(7)8(14)4-9(11,12)13/h1-3,8,15H,4,14H2/t8-/m1/s1. The van der Waals surface area contributed by atoms with Crippen LogP contribution in [-0.4, -0.2) is 11.3 Å². The van der Waals surface area contributed by atoms with E-state index in [4.69, 9.17) is 10.8 Å². The molecule has 2 nitrogen and oxygen atoms in total. The summed E-state index contributed by atoms with van der Waals surface area (Å²) >= 11 is 3.08. The number of phenolic OH excluding ortho intramolecular Hbond substituents is 1. The summed E-state index contributed by atoms with van der Waals surface area (Å²) in [6.45, 7) is 0. The molecule has 1 rings (SSSR count). The van der Waals surface area contributed by atoms with Gasteiger partial charge in [0.05, 0.1) is 6.42 Å². The Morgan fingerprint density at radius 1 is 1.40 bits per heavy atom. The van der Waals surface area contributed by atoms with Gasteiger partial charge in [0.15, 0.2) is 0 Å². The highest BCUT2D eigenvalue weighted by Gasteiger charge is 2.31. The molecule has 1 atom stereocenters. The summed E-state index contributed by atoms with van der Waals surface area (Å²) in [4.78, 5) is 0. The first-order valence-corrected chi connectivity index (χ1v) is 4.89. The van der Waals surface area contributed by atoms with E-state index < -0.39 is 18.6 Å². The molecule has 84 valence electrons. The molecule has 0 aliphatic carbocycles. The van der Waals surface area contributed by atoms with Crippen LogP contribution in [0.1, 0.15) is 18.0 Å². The summed E-state index contributed by atoms with van der Waals surface area (Å²) in [7, 11) is 0. The molecule has 0 radical (unpaired) electrons. The van der Waals surface area contributed by atoms with Crippen LogP contribution in [0.2, 0.25) is 0 Å². The summed E-state index contributed by atoms with van der Waals surface area (Å²) in [5.41, 5.74) is 5.63. The summed E-state index contributed by atoms with van der Waals surface area (Å²) in [5, 5.41) is 9.13. The molecule has 15 heavy (non-hydrogen) atoms. The molecular formula is C9H9BrF3NO. The molecule has 0 saturated carbocycles. The fraction of sp³-hybridized carbons (Fsp3) is 0.333. The fourth-order valence-corrected chi connectivity index (χ4v) is 1.72. The van der Waals surface area contributed by atoms with Gasteiger partial charge in [0, 0.05) is 10.5 Å². The predicted octanol–water partition coefficient (Wildman–Crippen LogP) is 3.11. The highest BCUT2D eigenvalue weighted by molar-refractivity contribution is 9.10. The molecule has 0 bridgehead atoms. The van der Waals surface area contributed by atoms with Gasteiger partial charge in [-0.3, -0.25) is 0 Å². The van der Waals surface area contributed by atoms with E-state index in [0.29, 0.717) is 4.47 Å². The Morgan fingerprint density at radius 3 is 2.53 bits per heavy atom. The lowest BCUT2D eigenvalue weighted by atomic mass is 10.0. The second-order valence-electron chi connectivity index (χ2n) is 3.13. The maximum Gasteiger partial charge on any atom is 0.390 e. The van der Waals surface area contributed by atoms with Crippen molar-refractivity contribution in [1.29, 1.82) is 0 Å². The van der Waals surface area contributed by atoms with E-state index in [2.05, 4.69) is 15.9 Å². The van der Waals surface area contributed by atoms with E-state index in [1.807, 2.05) is 0 Å². The second-order valence-corrected chi connectivity index (χ2v) is 3.99. The fourth-order valence-electron chi connectivity index (χ4n) is 1.17. The number of benzene rings is 1. The molecule has 0 spiro atoms. The number of nitrogens with two attached hydrogens (primary N) is 1. The molecule has 0 heterocycles. The van der Waals surface area contributed by atoms with Crippen molar-refractivity contribution in [3.05, 3.63) is 28.2 Å². The number of hydrogen-bond acceptors (Lipinski definition) is 2. The largest absolute Gasteiger partial charge is 0.508 e. The maximum absolute atomic E-state index is 12.1. The summed E-state index contributed by atoms with van der Waals surface area (Å²) in [6.07, 6.45) is -5.43. The first kappa shape index (κ1) is 12.3. The topological polar surface area (TPSA) is 46.2 Å². The van der Waals surface area contributed by atoms with Crippen LogP contribution in [0.4, 0.5) is 13.2 Å². The van der Waals surface area contributed by atoms with Gasteiger partial charge in [0.25, 0.3) is 0 Å². The molecule has 0 aliphatic rings. The zero-order chi connectivity index (χ0) is 11.6. The van der Waals surface area contributed by atoms with Crippen molar-refractivity contribution in [1.82, 2.24) is 0 Å². The average Bonchev–Trinajstić information content (AvgIpc) is 2.06. The first-order valence-electron chi connectivity index (χ1n) is 4.10. The van der Waals surface area contributed by atoms with Crippen LogP contribution in [0, 0.1) is 0 Å². The quantitative estimate of drug-likeness (QED) is 0.876. The Kier molecular flexibility index (Phi) is 3.62. The molecule has 1 aromatic rings. The van der Waals surface area contributed by atoms with Crippen molar-refractivity contribution in [2.24, 2.45) is 5.73 Å². The second kappa shape index (κ2) is 4.40. The molecule has 0 unspecified atom stereocenters. The molecule has 0 aromatic heterocycles. The van der Waals surface area contributed by atoms with E-state index in [1.165, 1.54) is 18.2 Å². The third kappa shape index (κ3) is 3.71. The Hall–Kier alpha value is -0.750. The zero-order valence-electron chi connectivity index (χ0n) is 7.55. The molecule has 1 aromatic carbocycles. The maximum atomic E-state index is 12.1. The highest BCUT2D eigenvalue weighted by atomic mass is 79.9. The third-order valence-corrected chi connectivity index (χ3v) is 2.55. The summed E-state index contributed by atoms with van der Waals surface area (Å²) in [6, 6.07) is 2.88. The van der Waals surface area contributed by atoms with Crippen LogP contribution in [0.25, 0.3) is 0 Å². The van der Waals surface area contributed by atoms with Crippen LogP contribution in [0.3, 0.4) is 0 Å². The lowest BCUT2D eigenvalue weighted by Gasteiger charge is -2.16. The lowest BCUT2D eigenvalue weighted by molar-refractivity contribution is -0.138. The third-order valence-electron chi connectivity index (χ3n) is 1.83. The molecule has 6 heteroatoms. The Bertz CT molecular complexity index is 354. The number of alkyl halides is 3. The minimum atomic E-state index is -4.32. The molecule has 3 N–H and O–H groups in total. The minimum absolute atomic E-state index is 0.106. The Labute approximate surface area is 93.0 Å². The summed E-state index contributed by atoms with van der Waals surface area (Å²) in [5.74, 6) is -0.106. The number of rotatable bonds is 2. The van der Waals surface area contributed by atoms with E-state index in [0.717, 1.165) is 0 Å². The highest BCUT2D eigenvalue weighted by Crippen LogP contribution is 2.33. The van der Waals surface area contributed by atoms with Crippen molar-refractivity contribution in [3.8, 4) is 5.75 Å². The summed E-state index contributed by atoms with van der Waals surface area (Å²) < 4.78 is 36.7. The first-order chi connectivity index (χ1) is 6.79. The van der Waals surface area contributed by atoms with Gasteiger partial charge < -0.3 is 10.8 Å². The van der Waals surface area contributed by atoms with E-state index in [-0.39, 0.29) is 11.3 Å². The molecular weight excluding hydrogens is 275 g/mol. The predicted molar refractivity (Wildman–Crippen MR) is 53.4 cm³/mol. The van der Waals surface area contributed by atoms with E-state index in [9.17, 15) is 13.2 Å². The van der Waals surface area contributed by atoms with E-state index in [1.54, 1.807) is 0 Å². The van der Waals surface area contributed by atoms with Gasteiger partial charge in [-0.05, 0) is 23.8 Å². The van der Waals surface area contributed by atoms with Gasteiger partial charge in [-0.2, -0.15) is 13.2 Å². The van der Waals surface area contributed by atoms with Crippen molar-refractivity contribution < 1.29 is 18.3 Å². The van der Waals surface area contributed by atoms with Gasteiger partial charge in [-0.25, -0.2) is 0 Å². The van der Waals surface area contributed by atoms with Crippen LogP contribution in [0.5, 0.6) is 5.75 Å². The van der Waals surface area contributed by atoms with Crippen molar-refractivity contribution in [2.45, 2.75) is 18.6 Å².